The molecule has 6 nitrogen and oxygen atoms in total. The van der Waals surface area contributed by atoms with E-state index in [1.807, 2.05) is 6.92 Å². The summed E-state index contributed by atoms with van der Waals surface area (Å²) in [5.74, 6) is -1.89. The molecule has 1 atom stereocenters. The van der Waals surface area contributed by atoms with Crippen LogP contribution in [0, 0.1) is 11.6 Å². The van der Waals surface area contributed by atoms with Crippen LogP contribution in [-0.4, -0.2) is 35.8 Å². The number of carbonyl (C=O) groups is 3. The molecule has 0 bridgehead atoms. The lowest BCUT2D eigenvalue weighted by Crippen LogP contribution is -2.46. The highest BCUT2D eigenvalue weighted by Crippen LogP contribution is 2.34. The number of carbonyl (C=O) groups excluding carboxylic acids is 3. The van der Waals surface area contributed by atoms with Gasteiger partial charge in [0, 0.05) is 12.2 Å². The number of nitrogens with zero attached hydrogens (tertiary/aromatic N) is 2. The number of urea groups is 1. The van der Waals surface area contributed by atoms with Crippen molar-refractivity contribution in [3.05, 3.63) is 65.7 Å². The van der Waals surface area contributed by atoms with Gasteiger partial charge in [-0.05, 0) is 55.3 Å². The van der Waals surface area contributed by atoms with Gasteiger partial charge in [-0.15, -0.1) is 0 Å². The highest BCUT2D eigenvalue weighted by molar-refractivity contribution is 6.10. The number of benzene rings is 2. The Bertz CT molecular complexity index is 963. The van der Waals surface area contributed by atoms with E-state index in [2.05, 4.69) is 5.32 Å². The molecule has 31 heavy (non-hydrogen) atoms. The topological polar surface area (TPSA) is 69.7 Å². The Balaban J connectivity index is 1.87. The summed E-state index contributed by atoms with van der Waals surface area (Å²) in [6, 6.07) is 10.2. The Hall–Kier alpha value is -3.29. The number of imide groups is 1. The van der Waals surface area contributed by atoms with Gasteiger partial charge in [-0.2, -0.15) is 0 Å². The van der Waals surface area contributed by atoms with Gasteiger partial charge in [0.05, 0.1) is 0 Å². The van der Waals surface area contributed by atoms with Gasteiger partial charge in [0.15, 0.2) is 0 Å². The van der Waals surface area contributed by atoms with Crippen molar-refractivity contribution in [1.82, 2.24) is 10.2 Å². The number of anilines is 1. The standard InChI is InChI=1S/C23H25F2N3O3/c1-3-5-14-23(16-6-8-17(24)9-7-16)21(30)28(22(31)26-23)15-20(29)27(4-2)19-12-10-18(25)11-13-19/h6-13H,3-5,14-15H2,1-2H3,(H,26,31)/t23-/m1/s1. The van der Waals surface area contributed by atoms with E-state index < -0.39 is 41.6 Å². The van der Waals surface area contributed by atoms with Gasteiger partial charge in [-0.1, -0.05) is 31.9 Å². The maximum atomic E-state index is 13.4. The summed E-state index contributed by atoms with van der Waals surface area (Å²) < 4.78 is 26.7. The summed E-state index contributed by atoms with van der Waals surface area (Å²) in [6.07, 6.45) is 1.78. The zero-order valence-electron chi connectivity index (χ0n) is 17.5. The first-order valence-electron chi connectivity index (χ1n) is 10.3. The molecular formula is C23H25F2N3O3. The van der Waals surface area contributed by atoms with Crippen molar-refractivity contribution in [2.24, 2.45) is 0 Å². The lowest BCUT2D eigenvalue weighted by Gasteiger charge is -2.28. The van der Waals surface area contributed by atoms with Crippen molar-refractivity contribution >= 4 is 23.5 Å². The zero-order chi connectivity index (χ0) is 22.6. The van der Waals surface area contributed by atoms with Crippen LogP contribution in [0.15, 0.2) is 48.5 Å². The molecule has 1 fully saturated rings. The van der Waals surface area contributed by atoms with Crippen LogP contribution < -0.4 is 10.2 Å². The summed E-state index contributed by atoms with van der Waals surface area (Å²) in [4.78, 5) is 41.3. The van der Waals surface area contributed by atoms with Gasteiger partial charge in [0.2, 0.25) is 5.91 Å². The predicted octanol–water partition coefficient (Wildman–Crippen LogP) is 3.96. The van der Waals surface area contributed by atoms with Gasteiger partial charge < -0.3 is 10.2 Å². The van der Waals surface area contributed by atoms with Gasteiger partial charge >= 0.3 is 6.03 Å². The highest BCUT2D eigenvalue weighted by atomic mass is 19.1. The van der Waals surface area contributed by atoms with Crippen LogP contribution in [0.4, 0.5) is 19.3 Å². The number of halogens is 2. The lowest BCUT2D eigenvalue weighted by atomic mass is 9.85. The molecule has 0 spiro atoms. The Labute approximate surface area is 179 Å². The van der Waals surface area contributed by atoms with E-state index in [1.54, 1.807) is 6.92 Å². The second-order valence-electron chi connectivity index (χ2n) is 7.45. The van der Waals surface area contributed by atoms with Crippen LogP contribution in [0.1, 0.15) is 38.7 Å². The number of hydrogen-bond acceptors (Lipinski definition) is 3. The Morgan fingerprint density at radius 3 is 2.13 bits per heavy atom. The first kappa shape index (κ1) is 22.4. The highest BCUT2D eigenvalue weighted by Gasteiger charge is 2.52. The van der Waals surface area contributed by atoms with Gasteiger partial charge in [-0.25, -0.2) is 13.6 Å². The third-order valence-corrected chi connectivity index (χ3v) is 5.47. The molecule has 2 aromatic carbocycles. The lowest BCUT2D eigenvalue weighted by molar-refractivity contribution is -0.134. The molecule has 0 saturated carbocycles. The van der Waals surface area contributed by atoms with E-state index >= 15 is 0 Å². The minimum atomic E-state index is -1.34. The van der Waals surface area contributed by atoms with Crippen molar-refractivity contribution in [3.8, 4) is 0 Å². The SMILES string of the molecule is CCCC[C@]1(c2ccc(F)cc2)NC(=O)N(CC(=O)N(CC)c2ccc(F)cc2)C1=O. The molecule has 164 valence electrons. The van der Waals surface area contributed by atoms with Gasteiger partial charge in [-0.3, -0.25) is 14.5 Å². The maximum absolute atomic E-state index is 13.4. The van der Waals surface area contributed by atoms with Crippen LogP contribution in [-0.2, 0) is 15.1 Å². The quantitative estimate of drug-likeness (QED) is 0.646. The molecule has 3 rings (SSSR count). The van der Waals surface area contributed by atoms with E-state index in [-0.39, 0.29) is 6.54 Å². The normalized spacial score (nSPS) is 18.3. The summed E-state index contributed by atoms with van der Waals surface area (Å²) in [5.41, 5.74) is -0.396. The Morgan fingerprint density at radius 1 is 1.00 bits per heavy atom. The van der Waals surface area contributed by atoms with Crippen LogP contribution in [0.3, 0.4) is 0 Å². The van der Waals surface area contributed by atoms with Crippen molar-refractivity contribution in [1.29, 1.82) is 0 Å². The number of rotatable bonds is 8. The third-order valence-electron chi connectivity index (χ3n) is 5.47. The van der Waals surface area contributed by atoms with E-state index in [0.717, 1.165) is 11.3 Å². The van der Waals surface area contributed by atoms with Crippen molar-refractivity contribution in [2.75, 3.05) is 18.0 Å². The first-order chi connectivity index (χ1) is 14.8. The van der Waals surface area contributed by atoms with E-state index in [1.165, 1.54) is 53.4 Å². The van der Waals surface area contributed by atoms with Gasteiger partial charge in [0.1, 0.15) is 23.7 Å². The molecule has 1 aliphatic rings. The second kappa shape index (κ2) is 9.24. The van der Waals surface area contributed by atoms with Crippen molar-refractivity contribution < 1.29 is 23.2 Å². The number of hydrogen-bond donors (Lipinski definition) is 1. The molecule has 2 aromatic rings. The second-order valence-corrected chi connectivity index (χ2v) is 7.45. The van der Waals surface area contributed by atoms with E-state index in [4.69, 9.17) is 0 Å². The third kappa shape index (κ3) is 4.42. The largest absolute Gasteiger partial charge is 0.325 e. The fraction of sp³-hybridized carbons (Fsp3) is 0.348. The van der Waals surface area contributed by atoms with Crippen LogP contribution >= 0.6 is 0 Å². The average molecular weight is 429 g/mol. The molecule has 1 aliphatic heterocycles. The minimum Gasteiger partial charge on any atom is -0.319 e. The Kier molecular flexibility index (Phi) is 6.68. The molecule has 0 radical (unpaired) electrons. The van der Waals surface area contributed by atoms with E-state index in [9.17, 15) is 23.2 Å². The first-order valence-corrected chi connectivity index (χ1v) is 10.3. The number of unbranched alkanes of at least 4 members (excludes halogenated alkanes) is 1. The van der Waals surface area contributed by atoms with Crippen LogP contribution in [0.2, 0.25) is 0 Å². The fourth-order valence-electron chi connectivity index (χ4n) is 3.80. The maximum Gasteiger partial charge on any atom is 0.325 e. The molecular weight excluding hydrogens is 404 g/mol. The van der Waals surface area contributed by atoms with Crippen molar-refractivity contribution in [2.45, 2.75) is 38.6 Å². The minimum absolute atomic E-state index is 0.285. The molecule has 1 saturated heterocycles. The fourth-order valence-corrected chi connectivity index (χ4v) is 3.80. The monoisotopic (exact) mass is 429 g/mol. The summed E-state index contributed by atoms with van der Waals surface area (Å²) in [7, 11) is 0. The number of likely N-dealkylation sites (N-methyl/N-ethyl adjacent to an activating group) is 1. The molecule has 8 heteroatoms. The Morgan fingerprint density at radius 2 is 1.58 bits per heavy atom. The number of nitrogens with one attached hydrogen (secondary N) is 1. The summed E-state index contributed by atoms with van der Waals surface area (Å²) in [6.45, 7) is 3.54. The molecule has 1 N–H and O–H groups in total. The van der Waals surface area contributed by atoms with E-state index in [0.29, 0.717) is 24.1 Å². The van der Waals surface area contributed by atoms with Crippen LogP contribution in [0.25, 0.3) is 0 Å². The zero-order valence-corrected chi connectivity index (χ0v) is 17.5. The molecule has 0 aliphatic carbocycles. The molecule has 0 unspecified atom stereocenters. The van der Waals surface area contributed by atoms with Gasteiger partial charge in [0.25, 0.3) is 5.91 Å². The average Bonchev–Trinajstić information content (AvgIpc) is 2.99. The van der Waals surface area contributed by atoms with Crippen molar-refractivity contribution in [3.63, 3.8) is 0 Å². The summed E-state index contributed by atoms with van der Waals surface area (Å²) >= 11 is 0. The number of amides is 4. The molecule has 1 heterocycles. The molecule has 4 amide bonds. The summed E-state index contributed by atoms with van der Waals surface area (Å²) in [5, 5.41) is 2.74. The van der Waals surface area contributed by atoms with Crippen LogP contribution in [0.5, 0.6) is 0 Å². The molecule has 0 aromatic heterocycles. The smallest absolute Gasteiger partial charge is 0.319 e. The predicted molar refractivity (Wildman–Crippen MR) is 112 cm³/mol.